The van der Waals surface area contributed by atoms with E-state index in [0.29, 0.717) is 32.6 Å². The summed E-state index contributed by atoms with van der Waals surface area (Å²) in [5, 5.41) is 14.8. The van der Waals surface area contributed by atoms with Crippen molar-refractivity contribution in [2.24, 2.45) is 21.7 Å². The van der Waals surface area contributed by atoms with Crippen molar-refractivity contribution in [3.8, 4) is 0 Å². The van der Waals surface area contributed by atoms with Crippen molar-refractivity contribution >= 4 is 11.7 Å². The number of ether oxygens (including phenoxy) is 1. The van der Waals surface area contributed by atoms with E-state index in [1.165, 1.54) is 0 Å². The van der Waals surface area contributed by atoms with Gasteiger partial charge in [-0.3, -0.25) is 4.79 Å². The number of oxime groups is 1. The Morgan fingerprint density at radius 2 is 2.00 bits per heavy atom. The lowest BCUT2D eigenvalue weighted by molar-refractivity contribution is -0.132. The Bertz CT molecular complexity index is 328. The molecule has 1 fully saturated rings. The van der Waals surface area contributed by atoms with Gasteiger partial charge in [-0.25, -0.2) is 0 Å². The van der Waals surface area contributed by atoms with Crippen LogP contribution in [0.25, 0.3) is 0 Å². The number of carbonyl (C=O) groups is 1. The van der Waals surface area contributed by atoms with Gasteiger partial charge in [0.1, 0.15) is 5.41 Å². The van der Waals surface area contributed by atoms with Gasteiger partial charge in [0.15, 0.2) is 5.84 Å². The van der Waals surface area contributed by atoms with E-state index < -0.39 is 5.41 Å². The van der Waals surface area contributed by atoms with Crippen LogP contribution in [0.1, 0.15) is 33.6 Å². The molecule has 0 atom stereocenters. The first-order chi connectivity index (χ1) is 8.32. The number of hydrogen-bond acceptors (Lipinski definition) is 4. The highest BCUT2D eigenvalue weighted by Crippen LogP contribution is 2.31. The second kappa shape index (κ2) is 5.56. The predicted molar refractivity (Wildman–Crippen MR) is 68.4 cm³/mol. The maximum absolute atomic E-state index is 12.3. The van der Waals surface area contributed by atoms with Crippen molar-refractivity contribution in [1.29, 1.82) is 0 Å². The third kappa shape index (κ3) is 3.35. The summed E-state index contributed by atoms with van der Waals surface area (Å²) in [5.41, 5.74) is 4.77. The molecule has 1 saturated heterocycles. The smallest absolute Gasteiger partial charge is 0.234 e. The van der Waals surface area contributed by atoms with Gasteiger partial charge in [-0.05, 0) is 18.3 Å². The molecule has 1 rings (SSSR count). The van der Waals surface area contributed by atoms with Crippen molar-refractivity contribution in [3.05, 3.63) is 0 Å². The van der Waals surface area contributed by atoms with E-state index in [2.05, 4.69) is 10.5 Å². The zero-order chi connectivity index (χ0) is 13.8. The molecule has 0 unspecified atom stereocenters. The summed E-state index contributed by atoms with van der Waals surface area (Å²) in [6.45, 7) is 7.54. The summed E-state index contributed by atoms with van der Waals surface area (Å²) in [5.74, 6) is -0.215. The Labute approximate surface area is 108 Å². The van der Waals surface area contributed by atoms with E-state index in [1.54, 1.807) is 0 Å². The van der Waals surface area contributed by atoms with E-state index in [9.17, 15) is 4.79 Å². The molecule has 6 heteroatoms. The minimum absolute atomic E-state index is 0.00681. The van der Waals surface area contributed by atoms with Crippen LogP contribution in [0.3, 0.4) is 0 Å². The minimum atomic E-state index is -0.932. The number of nitrogens with one attached hydrogen (secondary N) is 1. The maximum atomic E-state index is 12.3. The third-order valence-corrected chi connectivity index (χ3v) is 3.16. The number of carbonyl (C=O) groups excluding carboxylic acids is 1. The van der Waals surface area contributed by atoms with Crippen molar-refractivity contribution in [1.82, 2.24) is 5.32 Å². The van der Waals surface area contributed by atoms with Gasteiger partial charge >= 0.3 is 0 Å². The van der Waals surface area contributed by atoms with E-state index in [0.717, 1.165) is 0 Å². The number of amides is 1. The second-order valence-corrected chi connectivity index (χ2v) is 5.92. The average Bonchev–Trinajstić information content (AvgIpc) is 2.34. The van der Waals surface area contributed by atoms with E-state index >= 15 is 0 Å². The second-order valence-electron chi connectivity index (χ2n) is 5.92. The normalized spacial score (nSPS) is 20.5. The largest absolute Gasteiger partial charge is 0.409 e. The number of nitrogens with zero attached hydrogens (tertiary/aromatic N) is 1. The quantitative estimate of drug-likeness (QED) is 0.300. The van der Waals surface area contributed by atoms with Crippen LogP contribution < -0.4 is 11.1 Å². The van der Waals surface area contributed by atoms with E-state index in [1.807, 2.05) is 20.8 Å². The van der Waals surface area contributed by atoms with Crippen molar-refractivity contribution in [2.75, 3.05) is 19.8 Å². The highest BCUT2D eigenvalue weighted by Gasteiger charge is 2.44. The molecule has 0 aliphatic carbocycles. The van der Waals surface area contributed by atoms with Crippen LogP contribution in [0.15, 0.2) is 5.16 Å². The Hall–Kier alpha value is -1.30. The summed E-state index contributed by atoms with van der Waals surface area (Å²) in [6.07, 6.45) is 0.887. The molecule has 0 radical (unpaired) electrons. The fraction of sp³-hybridized carbons (Fsp3) is 0.833. The molecule has 0 saturated carbocycles. The van der Waals surface area contributed by atoms with Gasteiger partial charge in [-0.15, -0.1) is 0 Å². The first kappa shape index (κ1) is 14.8. The fourth-order valence-electron chi connectivity index (χ4n) is 1.93. The van der Waals surface area contributed by atoms with Gasteiger partial charge in [0.05, 0.1) is 0 Å². The van der Waals surface area contributed by atoms with Gasteiger partial charge in [-0.2, -0.15) is 0 Å². The number of nitrogens with two attached hydrogens (primary N) is 1. The highest BCUT2D eigenvalue weighted by atomic mass is 16.5. The first-order valence-electron chi connectivity index (χ1n) is 6.16. The minimum Gasteiger partial charge on any atom is -0.409 e. The lowest BCUT2D eigenvalue weighted by Crippen LogP contribution is -2.53. The van der Waals surface area contributed by atoms with Crippen molar-refractivity contribution in [3.63, 3.8) is 0 Å². The molecule has 0 bridgehead atoms. The number of rotatable bonds is 3. The van der Waals surface area contributed by atoms with E-state index in [4.69, 9.17) is 15.7 Å². The van der Waals surface area contributed by atoms with Gasteiger partial charge in [0, 0.05) is 19.8 Å². The van der Waals surface area contributed by atoms with Gasteiger partial charge in [0.2, 0.25) is 5.91 Å². The molecule has 4 N–H and O–H groups in total. The lowest BCUT2D eigenvalue weighted by Gasteiger charge is -2.35. The maximum Gasteiger partial charge on any atom is 0.234 e. The van der Waals surface area contributed by atoms with Crippen molar-refractivity contribution in [2.45, 2.75) is 33.6 Å². The third-order valence-electron chi connectivity index (χ3n) is 3.16. The Balaban J connectivity index is 2.80. The molecule has 0 aromatic heterocycles. The summed E-state index contributed by atoms with van der Waals surface area (Å²) >= 11 is 0. The van der Waals surface area contributed by atoms with Crippen LogP contribution in [0.4, 0.5) is 0 Å². The molecule has 1 aliphatic rings. The molecule has 104 valence electrons. The van der Waals surface area contributed by atoms with Crippen LogP contribution in [-0.2, 0) is 9.53 Å². The molecule has 1 heterocycles. The topological polar surface area (TPSA) is 96.9 Å². The van der Waals surface area contributed by atoms with Gasteiger partial charge in [0.25, 0.3) is 0 Å². The van der Waals surface area contributed by atoms with Crippen LogP contribution >= 0.6 is 0 Å². The number of amidine groups is 1. The summed E-state index contributed by atoms with van der Waals surface area (Å²) in [7, 11) is 0. The van der Waals surface area contributed by atoms with Gasteiger partial charge < -0.3 is 21.0 Å². The zero-order valence-electron chi connectivity index (χ0n) is 11.3. The van der Waals surface area contributed by atoms with E-state index in [-0.39, 0.29) is 17.2 Å². The summed E-state index contributed by atoms with van der Waals surface area (Å²) in [6, 6.07) is 0. The molecule has 1 aliphatic heterocycles. The predicted octanol–water partition coefficient (Wildman–Crippen LogP) is 0.692. The standard InChI is InChI=1S/C12H23N3O3/c1-11(2,3)8-14-10(16)12(9(13)15-17)4-6-18-7-5-12/h17H,4-8H2,1-3H3,(H2,13,15)(H,14,16). The lowest BCUT2D eigenvalue weighted by atomic mass is 9.78. The molecule has 0 aromatic carbocycles. The molecule has 1 amide bonds. The average molecular weight is 257 g/mol. The number of hydrogen-bond donors (Lipinski definition) is 3. The Kier molecular flexibility index (Phi) is 4.56. The zero-order valence-corrected chi connectivity index (χ0v) is 11.3. The summed E-state index contributed by atoms with van der Waals surface area (Å²) < 4.78 is 5.24. The van der Waals surface area contributed by atoms with Crippen molar-refractivity contribution < 1.29 is 14.7 Å². The van der Waals surface area contributed by atoms with Crippen LogP contribution in [0.2, 0.25) is 0 Å². The first-order valence-corrected chi connectivity index (χ1v) is 6.16. The van der Waals surface area contributed by atoms with Crippen LogP contribution in [0, 0.1) is 10.8 Å². The van der Waals surface area contributed by atoms with Crippen LogP contribution in [-0.4, -0.2) is 36.7 Å². The summed E-state index contributed by atoms with van der Waals surface area (Å²) in [4.78, 5) is 12.3. The molecule has 18 heavy (non-hydrogen) atoms. The molecule has 0 aromatic rings. The molecule has 6 nitrogen and oxygen atoms in total. The Morgan fingerprint density at radius 1 is 1.44 bits per heavy atom. The molecular formula is C12H23N3O3. The fourth-order valence-corrected chi connectivity index (χ4v) is 1.93. The van der Waals surface area contributed by atoms with Crippen LogP contribution in [0.5, 0.6) is 0 Å². The molecular weight excluding hydrogens is 234 g/mol. The Morgan fingerprint density at radius 3 is 2.44 bits per heavy atom. The monoisotopic (exact) mass is 257 g/mol. The highest BCUT2D eigenvalue weighted by molar-refractivity contribution is 6.06. The van der Waals surface area contributed by atoms with Gasteiger partial charge in [-0.1, -0.05) is 25.9 Å². The SMILES string of the molecule is CC(C)(C)CNC(=O)C1(C(N)=NO)CCOCC1. The molecule has 0 spiro atoms.